The predicted molar refractivity (Wildman–Crippen MR) is 80.0 cm³/mol. The van der Waals surface area contributed by atoms with E-state index in [0.717, 1.165) is 19.1 Å². The SMILES string of the molecule is CCn1c(CNC2CCC2)cc2ccc(CN)cc21. The van der Waals surface area contributed by atoms with E-state index in [-0.39, 0.29) is 0 Å². The molecule has 102 valence electrons. The van der Waals surface area contributed by atoms with E-state index in [0.29, 0.717) is 6.54 Å². The molecule has 1 aromatic heterocycles. The number of fused-ring (bicyclic) bond motifs is 1. The van der Waals surface area contributed by atoms with Crippen molar-refractivity contribution in [2.45, 2.75) is 51.9 Å². The van der Waals surface area contributed by atoms with Crippen LogP contribution in [-0.2, 0) is 19.6 Å². The van der Waals surface area contributed by atoms with Gasteiger partial charge < -0.3 is 15.6 Å². The Labute approximate surface area is 114 Å². The molecule has 0 spiro atoms. The van der Waals surface area contributed by atoms with E-state index in [9.17, 15) is 0 Å². The number of hydrogen-bond donors (Lipinski definition) is 2. The lowest BCUT2D eigenvalue weighted by Crippen LogP contribution is -2.35. The van der Waals surface area contributed by atoms with Crippen LogP contribution in [0.2, 0.25) is 0 Å². The number of nitrogens with zero attached hydrogens (tertiary/aromatic N) is 1. The van der Waals surface area contributed by atoms with Gasteiger partial charge in [-0.15, -0.1) is 0 Å². The minimum Gasteiger partial charge on any atom is -0.344 e. The smallest absolute Gasteiger partial charge is 0.0486 e. The lowest BCUT2D eigenvalue weighted by atomic mass is 9.93. The molecule has 1 fully saturated rings. The molecule has 3 rings (SSSR count). The summed E-state index contributed by atoms with van der Waals surface area (Å²) in [6, 6.07) is 9.60. The van der Waals surface area contributed by atoms with Crippen LogP contribution in [0.25, 0.3) is 10.9 Å². The van der Waals surface area contributed by atoms with Gasteiger partial charge in [0.1, 0.15) is 0 Å². The first-order chi connectivity index (χ1) is 9.31. The summed E-state index contributed by atoms with van der Waals surface area (Å²) in [6.07, 6.45) is 4.06. The van der Waals surface area contributed by atoms with Crippen LogP contribution in [0, 0.1) is 0 Å². The molecule has 3 nitrogen and oxygen atoms in total. The maximum absolute atomic E-state index is 5.74. The number of benzene rings is 1. The molecule has 0 aliphatic heterocycles. The van der Waals surface area contributed by atoms with Gasteiger partial charge >= 0.3 is 0 Å². The zero-order valence-corrected chi connectivity index (χ0v) is 11.7. The molecule has 1 aliphatic carbocycles. The molecule has 1 aliphatic rings. The molecule has 3 heteroatoms. The molecule has 1 heterocycles. The Bertz CT molecular complexity index is 567. The first-order valence-corrected chi connectivity index (χ1v) is 7.36. The van der Waals surface area contributed by atoms with E-state index in [1.54, 1.807) is 0 Å². The molecule has 19 heavy (non-hydrogen) atoms. The first-order valence-electron chi connectivity index (χ1n) is 7.36. The summed E-state index contributed by atoms with van der Waals surface area (Å²) in [4.78, 5) is 0. The lowest BCUT2D eigenvalue weighted by Gasteiger charge is -2.26. The summed E-state index contributed by atoms with van der Waals surface area (Å²) in [5.74, 6) is 0. The Balaban J connectivity index is 1.89. The van der Waals surface area contributed by atoms with Gasteiger partial charge in [-0.1, -0.05) is 18.6 Å². The fourth-order valence-corrected chi connectivity index (χ4v) is 2.87. The van der Waals surface area contributed by atoms with E-state index in [1.165, 1.54) is 41.4 Å². The standard InChI is InChI=1S/C16H23N3/c1-2-19-15(11-18-14-4-3-5-14)9-13-7-6-12(10-17)8-16(13)19/h6-9,14,18H,2-5,10-11,17H2,1H3. The van der Waals surface area contributed by atoms with Crippen molar-refractivity contribution in [3.63, 3.8) is 0 Å². The summed E-state index contributed by atoms with van der Waals surface area (Å²) >= 11 is 0. The molecule has 1 saturated carbocycles. The van der Waals surface area contributed by atoms with E-state index < -0.39 is 0 Å². The molecule has 0 bridgehead atoms. The van der Waals surface area contributed by atoms with Gasteiger partial charge in [-0.2, -0.15) is 0 Å². The van der Waals surface area contributed by atoms with Crippen molar-refractivity contribution < 1.29 is 0 Å². The van der Waals surface area contributed by atoms with Crippen LogP contribution >= 0.6 is 0 Å². The number of nitrogens with one attached hydrogen (secondary N) is 1. The van der Waals surface area contributed by atoms with E-state index in [2.05, 4.69) is 41.1 Å². The number of aromatic nitrogens is 1. The van der Waals surface area contributed by atoms with Crippen LogP contribution in [0.4, 0.5) is 0 Å². The minimum absolute atomic E-state index is 0.612. The number of nitrogens with two attached hydrogens (primary N) is 1. The fraction of sp³-hybridized carbons (Fsp3) is 0.500. The van der Waals surface area contributed by atoms with Crippen molar-refractivity contribution in [1.29, 1.82) is 0 Å². The van der Waals surface area contributed by atoms with Crippen molar-refractivity contribution >= 4 is 10.9 Å². The van der Waals surface area contributed by atoms with Gasteiger partial charge in [0.05, 0.1) is 0 Å². The van der Waals surface area contributed by atoms with Crippen molar-refractivity contribution in [3.8, 4) is 0 Å². The molecular formula is C16H23N3. The molecule has 0 saturated heterocycles. The average molecular weight is 257 g/mol. The quantitative estimate of drug-likeness (QED) is 0.865. The highest BCUT2D eigenvalue weighted by Crippen LogP contribution is 2.23. The number of aryl methyl sites for hydroxylation is 1. The monoisotopic (exact) mass is 257 g/mol. The highest BCUT2D eigenvalue weighted by molar-refractivity contribution is 5.82. The highest BCUT2D eigenvalue weighted by Gasteiger charge is 2.17. The largest absolute Gasteiger partial charge is 0.344 e. The predicted octanol–water partition coefficient (Wildman–Crippen LogP) is 2.76. The van der Waals surface area contributed by atoms with Crippen molar-refractivity contribution in [2.24, 2.45) is 5.73 Å². The highest BCUT2D eigenvalue weighted by atomic mass is 15.0. The molecule has 0 unspecified atom stereocenters. The van der Waals surface area contributed by atoms with E-state index in [4.69, 9.17) is 5.73 Å². The Hall–Kier alpha value is -1.32. The zero-order valence-electron chi connectivity index (χ0n) is 11.7. The third kappa shape index (κ3) is 2.40. The number of rotatable bonds is 5. The summed E-state index contributed by atoms with van der Waals surface area (Å²) in [6.45, 7) is 4.81. The van der Waals surface area contributed by atoms with Gasteiger partial charge in [0.15, 0.2) is 0 Å². The molecule has 2 aromatic rings. The fourth-order valence-electron chi connectivity index (χ4n) is 2.87. The maximum Gasteiger partial charge on any atom is 0.0486 e. The molecule has 3 N–H and O–H groups in total. The van der Waals surface area contributed by atoms with Gasteiger partial charge in [0.2, 0.25) is 0 Å². The zero-order chi connectivity index (χ0) is 13.2. The summed E-state index contributed by atoms with van der Waals surface area (Å²) in [5, 5.41) is 4.98. The summed E-state index contributed by atoms with van der Waals surface area (Å²) < 4.78 is 2.40. The summed E-state index contributed by atoms with van der Waals surface area (Å²) in [7, 11) is 0. The molecule has 0 radical (unpaired) electrons. The van der Waals surface area contributed by atoms with Crippen molar-refractivity contribution in [2.75, 3.05) is 0 Å². The molecule has 0 atom stereocenters. The lowest BCUT2D eigenvalue weighted by molar-refractivity contribution is 0.335. The maximum atomic E-state index is 5.74. The summed E-state index contributed by atoms with van der Waals surface area (Å²) in [5.41, 5.74) is 9.65. The Morgan fingerprint density at radius 2 is 2.16 bits per heavy atom. The molecule has 0 amide bonds. The normalized spacial score (nSPS) is 15.9. The first kappa shape index (κ1) is 12.7. The van der Waals surface area contributed by atoms with Crippen molar-refractivity contribution in [3.05, 3.63) is 35.5 Å². The van der Waals surface area contributed by atoms with Gasteiger partial charge in [-0.05, 0) is 42.8 Å². The van der Waals surface area contributed by atoms with Crippen LogP contribution in [-0.4, -0.2) is 10.6 Å². The Morgan fingerprint density at radius 1 is 1.32 bits per heavy atom. The molecular weight excluding hydrogens is 234 g/mol. The van der Waals surface area contributed by atoms with Crippen LogP contribution in [0.3, 0.4) is 0 Å². The van der Waals surface area contributed by atoms with Gasteiger partial charge in [-0.25, -0.2) is 0 Å². The minimum atomic E-state index is 0.612. The van der Waals surface area contributed by atoms with Crippen molar-refractivity contribution in [1.82, 2.24) is 9.88 Å². The van der Waals surface area contributed by atoms with E-state index in [1.807, 2.05) is 0 Å². The van der Waals surface area contributed by atoms with Crippen LogP contribution in [0.15, 0.2) is 24.3 Å². The van der Waals surface area contributed by atoms with Crippen LogP contribution < -0.4 is 11.1 Å². The van der Waals surface area contributed by atoms with Crippen LogP contribution in [0.5, 0.6) is 0 Å². The van der Waals surface area contributed by atoms with E-state index >= 15 is 0 Å². The second-order valence-corrected chi connectivity index (χ2v) is 5.49. The second-order valence-electron chi connectivity index (χ2n) is 5.49. The second kappa shape index (κ2) is 5.35. The Morgan fingerprint density at radius 3 is 2.79 bits per heavy atom. The number of hydrogen-bond acceptors (Lipinski definition) is 2. The van der Waals surface area contributed by atoms with Gasteiger partial charge in [-0.3, -0.25) is 0 Å². The molecule has 1 aromatic carbocycles. The van der Waals surface area contributed by atoms with Gasteiger partial charge in [0.25, 0.3) is 0 Å². The Kier molecular flexibility index (Phi) is 3.58. The topological polar surface area (TPSA) is 43.0 Å². The van der Waals surface area contributed by atoms with Crippen LogP contribution in [0.1, 0.15) is 37.4 Å². The van der Waals surface area contributed by atoms with Gasteiger partial charge in [0, 0.05) is 36.9 Å². The third-order valence-corrected chi connectivity index (χ3v) is 4.28. The third-order valence-electron chi connectivity index (χ3n) is 4.28. The average Bonchev–Trinajstić information content (AvgIpc) is 2.73.